The molecule has 16 heavy (non-hydrogen) atoms. The van der Waals surface area contributed by atoms with Crippen LogP contribution in [0.2, 0.25) is 0 Å². The minimum Gasteiger partial charge on any atom is -0.444 e. The molecule has 1 amide bonds. The maximum Gasteiger partial charge on any atom is 0.408 e. The molecule has 0 fully saturated rings. The van der Waals surface area contributed by atoms with Crippen molar-refractivity contribution in [2.24, 2.45) is 5.92 Å². The van der Waals surface area contributed by atoms with Crippen molar-refractivity contribution in [2.75, 3.05) is 6.61 Å². The second-order valence-corrected chi connectivity index (χ2v) is 6.00. The SMILES string of the molecule is C[C@H](CO)CC(C)(C)NC(=O)OC(C)(C)C. The van der Waals surface area contributed by atoms with Gasteiger partial charge in [0.25, 0.3) is 0 Å². The Hall–Kier alpha value is -0.770. The third kappa shape index (κ3) is 7.51. The monoisotopic (exact) mass is 231 g/mol. The van der Waals surface area contributed by atoms with Gasteiger partial charge in [0.05, 0.1) is 0 Å². The van der Waals surface area contributed by atoms with Gasteiger partial charge in [0.15, 0.2) is 0 Å². The van der Waals surface area contributed by atoms with Crippen LogP contribution in [0.4, 0.5) is 4.79 Å². The predicted octanol–water partition coefficient (Wildman–Crippen LogP) is 2.31. The Kier molecular flexibility index (Phi) is 5.26. The Morgan fingerprint density at radius 3 is 2.19 bits per heavy atom. The Morgan fingerprint density at radius 2 is 1.81 bits per heavy atom. The molecule has 4 heteroatoms. The molecule has 0 rings (SSSR count). The van der Waals surface area contributed by atoms with Crippen LogP contribution in [0.3, 0.4) is 0 Å². The number of rotatable bonds is 4. The summed E-state index contributed by atoms with van der Waals surface area (Å²) in [7, 11) is 0. The van der Waals surface area contributed by atoms with Crippen LogP contribution in [-0.4, -0.2) is 28.9 Å². The molecule has 0 aromatic heterocycles. The first kappa shape index (κ1) is 15.2. The van der Waals surface area contributed by atoms with Crippen molar-refractivity contribution < 1.29 is 14.6 Å². The van der Waals surface area contributed by atoms with Crippen molar-refractivity contribution >= 4 is 6.09 Å². The molecule has 0 aromatic carbocycles. The van der Waals surface area contributed by atoms with Crippen LogP contribution in [0.15, 0.2) is 0 Å². The minimum absolute atomic E-state index is 0.124. The van der Waals surface area contributed by atoms with Gasteiger partial charge in [0, 0.05) is 12.1 Å². The molecule has 0 saturated heterocycles. The third-order valence-electron chi connectivity index (χ3n) is 2.01. The average molecular weight is 231 g/mol. The smallest absolute Gasteiger partial charge is 0.408 e. The lowest BCUT2D eigenvalue weighted by Gasteiger charge is -2.30. The fourth-order valence-corrected chi connectivity index (χ4v) is 1.57. The summed E-state index contributed by atoms with van der Waals surface area (Å²) in [5.74, 6) is 0.157. The van der Waals surface area contributed by atoms with Gasteiger partial charge in [0.1, 0.15) is 5.60 Å². The van der Waals surface area contributed by atoms with Gasteiger partial charge in [-0.1, -0.05) is 6.92 Å². The van der Waals surface area contributed by atoms with Gasteiger partial charge in [-0.05, 0) is 47.0 Å². The second-order valence-electron chi connectivity index (χ2n) is 6.00. The molecule has 0 radical (unpaired) electrons. The van der Waals surface area contributed by atoms with E-state index in [0.29, 0.717) is 6.42 Å². The number of ether oxygens (including phenoxy) is 1. The maximum atomic E-state index is 11.5. The standard InChI is InChI=1S/C12H25NO3/c1-9(8-14)7-12(5,6)13-10(15)16-11(2,3)4/h9,14H,7-8H2,1-6H3,(H,13,15)/t9-/m0/s1. The summed E-state index contributed by atoms with van der Waals surface area (Å²) in [4.78, 5) is 11.5. The highest BCUT2D eigenvalue weighted by Gasteiger charge is 2.25. The molecule has 0 heterocycles. The summed E-state index contributed by atoms with van der Waals surface area (Å²) in [5.41, 5.74) is -0.854. The lowest BCUT2D eigenvalue weighted by molar-refractivity contribution is 0.0453. The van der Waals surface area contributed by atoms with Crippen LogP contribution in [0.5, 0.6) is 0 Å². The molecule has 96 valence electrons. The molecule has 0 aliphatic rings. The van der Waals surface area contributed by atoms with E-state index in [1.165, 1.54) is 0 Å². The normalized spacial score (nSPS) is 14.4. The number of amides is 1. The van der Waals surface area contributed by atoms with Crippen LogP contribution in [0.1, 0.15) is 48.0 Å². The van der Waals surface area contributed by atoms with E-state index in [-0.39, 0.29) is 18.1 Å². The van der Waals surface area contributed by atoms with Crippen LogP contribution < -0.4 is 5.32 Å². The van der Waals surface area contributed by atoms with E-state index >= 15 is 0 Å². The average Bonchev–Trinajstić information content (AvgIpc) is 1.97. The first-order valence-corrected chi connectivity index (χ1v) is 5.68. The van der Waals surface area contributed by atoms with E-state index in [1.54, 1.807) is 0 Å². The van der Waals surface area contributed by atoms with Gasteiger partial charge in [0.2, 0.25) is 0 Å². The summed E-state index contributed by atoms with van der Waals surface area (Å²) >= 11 is 0. The minimum atomic E-state index is -0.483. The number of alkyl carbamates (subject to hydrolysis) is 1. The fraction of sp³-hybridized carbons (Fsp3) is 0.917. The number of carbonyl (C=O) groups is 1. The van der Waals surface area contributed by atoms with Crippen molar-refractivity contribution in [3.05, 3.63) is 0 Å². The summed E-state index contributed by atoms with van der Waals surface area (Å²) in [6.45, 7) is 11.4. The van der Waals surface area contributed by atoms with Gasteiger partial charge >= 0.3 is 6.09 Å². The number of carbonyl (C=O) groups excluding carboxylic acids is 1. The molecule has 2 N–H and O–H groups in total. The zero-order valence-corrected chi connectivity index (χ0v) is 11.3. The van der Waals surface area contributed by atoms with Gasteiger partial charge in [-0.2, -0.15) is 0 Å². The number of hydrogen-bond donors (Lipinski definition) is 2. The van der Waals surface area contributed by atoms with Crippen molar-refractivity contribution in [2.45, 2.75) is 59.1 Å². The van der Waals surface area contributed by atoms with E-state index in [4.69, 9.17) is 9.84 Å². The number of aliphatic hydroxyl groups is 1. The lowest BCUT2D eigenvalue weighted by atomic mass is 9.92. The molecular formula is C12H25NO3. The number of hydrogen-bond acceptors (Lipinski definition) is 3. The predicted molar refractivity (Wildman–Crippen MR) is 64.3 cm³/mol. The summed E-state index contributed by atoms with van der Waals surface area (Å²) in [6, 6.07) is 0. The molecule has 0 aromatic rings. The highest BCUT2D eigenvalue weighted by atomic mass is 16.6. The van der Waals surface area contributed by atoms with Crippen molar-refractivity contribution in [3.63, 3.8) is 0 Å². The summed E-state index contributed by atoms with van der Waals surface area (Å²) in [6.07, 6.45) is 0.297. The molecule has 0 aliphatic carbocycles. The van der Waals surface area contributed by atoms with E-state index < -0.39 is 11.7 Å². The second kappa shape index (κ2) is 5.53. The quantitative estimate of drug-likeness (QED) is 0.780. The first-order valence-electron chi connectivity index (χ1n) is 5.68. The van der Waals surface area contributed by atoms with Crippen LogP contribution in [0, 0.1) is 5.92 Å². The molecule has 4 nitrogen and oxygen atoms in total. The van der Waals surface area contributed by atoms with Gasteiger partial charge < -0.3 is 15.2 Å². The zero-order chi connectivity index (χ0) is 13.0. The van der Waals surface area contributed by atoms with Gasteiger partial charge in [-0.3, -0.25) is 0 Å². The molecule has 0 aliphatic heterocycles. The molecule has 0 unspecified atom stereocenters. The molecular weight excluding hydrogens is 206 g/mol. The molecule has 0 bridgehead atoms. The van der Waals surface area contributed by atoms with E-state index in [1.807, 2.05) is 41.5 Å². The van der Waals surface area contributed by atoms with E-state index in [9.17, 15) is 4.79 Å². The summed E-state index contributed by atoms with van der Waals surface area (Å²) < 4.78 is 5.18. The topological polar surface area (TPSA) is 58.6 Å². The van der Waals surface area contributed by atoms with Crippen molar-refractivity contribution in [3.8, 4) is 0 Å². The molecule has 0 saturated carbocycles. The van der Waals surface area contributed by atoms with E-state index in [0.717, 1.165) is 0 Å². The highest BCUT2D eigenvalue weighted by molar-refractivity contribution is 5.68. The van der Waals surface area contributed by atoms with Crippen molar-refractivity contribution in [1.29, 1.82) is 0 Å². The van der Waals surface area contributed by atoms with Crippen molar-refractivity contribution in [1.82, 2.24) is 5.32 Å². The Labute approximate surface area is 98.4 Å². The van der Waals surface area contributed by atoms with E-state index in [2.05, 4.69) is 5.32 Å². The number of nitrogens with one attached hydrogen (secondary N) is 1. The molecule has 1 atom stereocenters. The lowest BCUT2D eigenvalue weighted by Crippen LogP contribution is -2.46. The Bertz CT molecular complexity index is 231. The van der Waals surface area contributed by atoms with Crippen LogP contribution in [0.25, 0.3) is 0 Å². The Morgan fingerprint density at radius 1 is 1.31 bits per heavy atom. The fourth-order valence-electron chi connectivity index (χ4n) is 1.57. The first-order chi connectivity index (χ1) is 7.06. The summed E-state index contributed by atoms with van der Waals surface area (Å²) in [5, 5.41) is 11.8. The van der Waals surface area contributed by atoms with Crippen LogP contribution >= 0.6 is 0 Å². The molecule has 0 spiro atoms. The largest absolute Gasteiger partial charge is 0.444 e. The third-order valence-corrected chi connectivity index (χ3v) is 2.01. The Balaban J connectivity index is 4.20. The van der Waals surface area contributed by atoms with Gasteiger partial charge in [-0.25, -0.2) is 4.79 Å². The number of aliphatic hydroxyl groups excluding tert-OH is 1. The van der Waals surface area contributed by atoms with Gasteiger partial charge in [-0.15, -0.1) is 0 Å². The van der Waals surface area contributed by atoms with Crippen LogP contribution in [-0.2, 0) is 4.74 Å². The highest BCUT2D eigenvalue weighted by Crippen LogP contribution is 2.17. The zero-order valence-electron chi connectivity index (χ0n) is 11.3. The maximum absolute atomic E-state index is 11.5.